The first kappa shape index (κ1) is 17.0. The molecule has 2 N–H and O–H groups in total. The summed E-state index contributed by atoms with van der Waals surface area (Å²) in [7, 11) is 0. The normalized spacial score (nSPS) is 15.2. The number of anilines is 1. The molecule has 24 heavy (non-hydrogen) atoms. The quantitative estimate of drug-likeness (QED) is 0.817. The highest BCUT2D eigenvalue weighted by molar-refractivity contribution is 7.98. The lowest BCUT2D eigenvalue weighted by molar-refractivity contribution is -0.921. The molecule has 1 aliphatic heterocycles. The molecule has 3 rings (SSSR count). The van der Waals surface area contributed by atoms with Gasteiger partial charge in [-0.25, -0.2) is 0 Å². The monoisotopic (exact) mass is 343 g/mol. The lowest BCUT2D eigenvalue weighted by Crippen LogP contribution is -3.12. The van der Waals surface area contributed by atoms with Gasteiger partial charge < -0.3 is 15.0 Å². The summed E-state index contributed by atoms with van der Waals surface area (Å²) in [6.07, 6.45) is 2.02. The molecule has 0 aliphatic carbocycles. The van der Waals surface area contributed by atoms with E-state index in [0.29, 0.717) is 5.56 Å². The van der Waals surface area contributed by atoms with E-state index in [-0.39, 0.29) is 5.91 Å². The van der Waals surface area contributed by atoms with E-state index in [1.54, 1.807) is 11.8 Å². The number of carbonyl (C=O) groups is 1. The summed E-state index contributed by atoms with van der Waals surface area (Å²) in [5, 5.41) is 2.96. The minimum absolute atomic E-state index is 0.0708. The number of carbonyl (C=O) groups excluding carboxylic acids is 1. The Hall–Kier alpha value is -1.82. The number of amides is 1. The molecule has 0 unspecified atom stereocenters. The molecule has 1 fully saturated rings. The third-order valence-electron chi connectivity index (χ3n) is 4.20. The number of benzene rings is 2. The van der Waals surface area contributed by atoms with Crippen molar-refractivity contribution in [2.24, 2.45) is 0 Å². The predicted molar refractivity (Wildman–Crippen MR) is 97.8 cm³/mol. The number of thioether (sulfide) groups is 1. The molecule has 126 valence electrons. The SMILES string of the molecule is CSc1cccc(NC(=O)c2ccc(C[NH+]3CCOCC3)cc2)c1. The molecule has 0 saturated carbocycles. The second kappa shape index (κ2) is 8.33. The fourth-order valence-corrected chi connectivity index (χ4v) is 3.26. The van der Waals surface area contributed by atoms with Crippen LogP contribution in [0.5, 0.6) is 0 Å². The Kier molecular flexibility index (Phi) is 5.91. The van der Waals surface area contributed by atoms with Gasteiger partial charge in [-0.05, 0) is 36.6 Å². The molecule has 1 saturated heterocycles. The van der Waals surface area contributed by atoms with Gasteiger partial charge in [-0.15, -0.1) is 11.8 Å². The van der Waals surface area contributed by atoms with Crippen LogP contribution in [0.2, 0.25) is 0 Å². The summed E-state index contributed by atoms with van der Waals surface area (Å²) in [6, 6.07) is 15.8. The smallest absolute Gasteiger partial charge is 0.255 e. The summed E-state index contributed by atoms with van der Waals surface area (Å²) >= 11 is 1.66. The zero-order valence-corrected chi connectivity index (χ0v) is 14.7. The number of ether oxygens (including phenoxy) is 1. The maximum absolute atomic E-state index is 12.4. The van der Waals surface area contributed by atoms with Crippen LogP contribution in [0.3, 0.4) is 0 Å². The average molecular weight is 343 g/mol. The predicted octanol–water partition coefficient (Wildman–Crippen LogP) is 2.08. The van der Waals surface area contributed by atoms with E-state index in [1.165, 1.54) is 10.5 Å². The maximum Gasteiger partial charge on any atom is 0.255 e. The molecule has 0 radical (unpaired) electrons. The Morgan fingerprint density at radius 3 is 2.62 bits per heavy atom. The first-order chi connectivity index (χ1) is 11.7. The molecule has 1 heterocycles. The van der Waals surface area contributed by atoms with Crippen LogP contribution in [0.15, 0.2) is 53.4 Å². The van der Waals surface area contributed by atoms with Crippen molar-refractivity contribution in [2.45, 2.75) is 11.4 Å². The van der Waals surface area contributed by atoms with Crippen molar-refractivity contribution in [3.8, 4) is 0 Å². The van der Waals surface area contributed by atoms with Gasteiger partial charge in [0.05, 0.1) is 13.2 Å². The van der Waals surface area contributed by atoms with Gasteiger partial charge in [-0.1, -0.05) is 18.2 Å². The molecule has 1 aliphatic rings. The van der Waals surface area contributed by atoms with E-state index in [1.807, 2.05) is 42.7 Å². The van der Waals surface area contributed by atoms with Gasteiger partial charge >= 0.3 is 0 Å². The van der Waals surface area contributed by atoms with Gasteiger partial charge in [-0.2, -0.15) is 0 Å². The van der Waals surface area contributed by atoms with Gasteiger partial charge in [0.25, 0.3) is 5.91 Å². The molecule has 0 aromatic heterocycles. The number of hydrogen-bond acceptors (Lipinski definition) is 3. The van der Waals surface area contributed by atoms with Gasteiger partial charge in [0.1, 0.15) is 19.6 Å². The lowest BCUT2D eigenvalue weighted by Gasteiger charge is -2.23. The van der Waals surface area contributed by atoms with Crippen LogP contribution in [0.1, 0.15) is 15.9 Å². The topological polar surface area (TPSA) is 42.8 Å². The summed E-state index contributed by atoms with van der Waals surface area (Å²) in [4.78, 5) is 15.0. The molecule has 2 aromatic carbocycles. The van der Waals surface area contributed by atoms with Crippen molar-refractivity contribution >= 4 is 23.4 Å². The van der Waals surface area contributed by atoms with Crippen molar-refractivity contribution in [2.75, 3.05) is 37.9 Å². The van der Waals surface area contributed by atoms with Crippen LogP contribution < -0.4 is 10.2 Å². The largest absolute Gasteiger partial charge is 0.370 e. The van der Waals surface area contributed by atoms with E-state index >= 15 is 0 Å². The number of rotatable bonds is 5. The summed E-state index contributed by atoms with van der Waals surface area (Å²) in [5.41, 5.74) is 2.77. The molecule has 2 aromatic rings. The highest BCUT2D eigenvalue weighted by atomic mass is 32.2. The van der Waals surface area contributed by atoms with Crippen LogP contribution in [0.25, 0.3) is 0 Å². The summed E-state index contributed by atoms with van der Waals surface area (Å²) in [5.74, 6) is -0.0708. The van der Waals surface area contributed by atoms with Gasteiger partial charge in [0, 0.05) is 21.7 Å². The highest BCUT2D eigenvalue weighted by Gasteiger charge is 2.14. The molecule has 0 atom stereocenters. The van der Waals surface area contributed by atoms with Crippen molar-refractivity contribution in [3.05, 3.63) is 59.7 Å². The Labute approximate surface area is 147 Å². The second-order valence-electron chi connectivity index (χ2n) is 5.92. The van der Waals surface area contributed by atoms with Gasteiger partial charge in [-0.3, -0.25) is 4.79 Å². The zero-order chi connectivity index (χ0) is 16.8. The van der Waals surface area contributed by atoms with Crippen molar-refractivity contribution in [3.63, 3.8) is 0 Å². The molecular weight excluding hydrogens is 320 g/mol. The van der Waals surface area contributed by atoms with Crippen LogP contribution in [0.4, 0.5) is 5.69 Å². The number of morpholine rings is 1. The van der Waals surface area contributed by atoms with E-state index in [2.05, 4.69) is 17.4 Å². The van der Waals surface area contributed by atoms with Crippen LogP contribution in [0, 0.1) is 0 Å². The Bertz CT molecular complexity index is 682. The number of quaternary nitrogens is 1. The van der Waals surface area contributed by atoms with Crippen LogP contribution >= 0.6 is 11.8 Å². The van der Waals surface area contributed by atoms with Gasteiger partial charge in [0.2, 0.25) is 0 Å². The maximum atomic E-state index is 12.4. The van der Waals surface area contributed by atoms with Crippen molar-refractivity contribution in [1.82, 2.24) is 0 Å². The fraction of sp³-hybridized carbons (Fsp3) is 0.316. The minimum atomic E-state index is -0.0708. The molecular formula is C19H23N2O2S+. The number of nitrogens with one attached hydrogen (secondary N) is 2. The third-order valence-corrected chi connectivity index (χ3v) is 4.92. The summed E-state index contributed by atoms with van der Waals surface area (Å²) < 4.78 is 5.39. The minimum Gasteiger partial charge on any atom is -0.370 e. The average Bonchev–Trinajstić information content (AvgIpc) is 2.63. The van der Waals surface area contributed by atoms with Crippen LogP contribution in [-0.2, 0) is 11.3 Å². The first-order valence-electron chi connectivity index (χ1n) is 8.20. The third kappa shape index (κ3) is 4.60. The number of hydrogen-bond donors (Lipinski definition) is 2. The molecule has 1 amide bonds. The van der Waals surface area contributed by atoms with Crippen molar-refractivity contribution < 1.29 is 14.4 Å². The van der Waals surface area contributed by atoms with E-state index in [9.17, 15) is 4.79 Å². The Morgan fingerprint density at radius 1 is 1.17 bits per heavy atom. The standard InChI is InChI=1S/C19H22N2O2S/c1-24-18-4-2-3-17(13-18)20-19(22)16-7-5-15(6-8-16)14-21-9-11-23-12-10-21/h2-8,13H,9-12,14H2,1H3,(H,20,22)/p+1. The lowest BCUT2D eigenvalue weighted by atomic mass is 10.1. The molecule has 0 bridgehead atoms. The first-order valence-corrected chi connectivity index (χ1v) is 9.43. The van der Waals surface area contributed by atoms with E-state index < -0.39 is 0 Å². The van der Waals surface area contributed by atoms with Crippen LogP contribution in [-0.4, -0.2) is 38.5 Å². The van der Waals surface area contributed by atoms with E-state index in [4.69, 9.17) is 4.74 Å². The molecule has 0 spiro atoms. The fourth-order valence-electron chi connectivity index (χ4n) is 2.80. The molecule has 5 heteroatoms. The van der Waals surface area contributed by atoms with E-state index in [0.717, 1.165) is 43.4 Å². The molecule has 4 nitrogen and oxygen atoms in total. The Balaban J connectivity index is 1.60. The zero-order valence-electron chi connectivity index (χ0n) is 13.9. The highest BCUT2D eigenvalue weighted by Crippen LogP contribution is 2.19. The van der Waals surface area contributed by atoms with Gasteiger partial charge in [0.15, 0.2) is 0 Å². The Morgan fingerprint density at radius 2 is 1.92 bits per heavy atom. The van der Waals surface area contributed by atoms with Crippen molar-refractivity contribution in [1.29, 1.82) is 0 Å². The second-order valence-corrected chi connectivity index (χ2v) is 6.80. The summed E-state index contributed by atoms with van der Waals surface area (Å²) in [6.45, 7) is 4.76.